The summed E-state index contributed by atoms with van der Waals surface area (Å²) in [6, 6.07) is 2.49. The Labute approximate surface area is 177 Å². The van der Waals surface area contributed by atoms with Crippen molar-refractivity contribution in [3.8, 4) is 0 Å². The summed E-state index contributed by atoms with van der Waals surface area (Å²) >= 11 is 0. The van der Waals surface area contributed by atoms with Crippen LogP contribution < -0.4 is 19.6 Å². The molecule has 0 N–H and O–H groups in total. The van der Waals surface area contributed by atoms with Crippen LogP contribution in [0.2, 0.25) is 0 Å². The van der Waals surface area contributed by atoms with Gasteiger partial charge in [0, 0.05) is 65.4 Å². The van der Waals surface area contributed by atoms with Crippen molar-refractivity contribution in [1.82, 2.24) is 19.9 Å². The van der Waals surface area contributed by atoms with Crippen LogP contribution in [0.4, 0.5) is 23.4 Å². The Kier molecular flexibility index (Phi) is 5.28. The van der Waals surface area contributed by atoms with Crippen molar-refractivity contribution in [1.29, 1.82) is 0 Å². The lowest BCUT2D eigenvalue weighted by molar-refractivity contribution is 0.122. The minimum atomic E-state index is 0.434. The number of anilines is 4. The largest absolute Gasteiger partial charge is 0.378 e. The predicted octanol–water partition coefficient (Wildman–Crippen LogP) is 1.27. The lowest BCUT2D eigenvalue weighted by Gasteiger charge is -2.40. The molecular formula is C21H30N8O. The molecule has 2 atom stereocenters. The average Bonchev–Trinajstić information content (AvgIpc) is 3.23. The molecule has 5 heterocycles. The Morgan fingerprint density at radius 2 is 1.73 bits per heavy atom. The summed E-state index contributed by atoms with van der Waals surface area (Å²) in [6.07, 6.45) is 7.84. The third-order valence-electron chi connectivity index (χ3n) is 6.46. The molecule has 3 aliphatic heterocycles. The van der Waals surface area contributed by atoms with Crippen LogP contribution in [0.15, 0.2) is 24.7 Å². The SMILES string of the molecule is CN(C)c1nccnc1N1CCC2CCN(c3ccnc(N4CCOCC4)n3)C2C1. The summed E-state index contributed by atoms with van der Waals surface area (Å²) in [6.45, 7) is 6.20. The molecule has 0 spiro atoms. The van der Waals surface area contributed by atoms with Gasteiger partial charge in [0.25, 0.3) is 0 Å². The first kappa shape index (κ1) is 19.3. The van der Waals surface area contributed by atoms with E-state index in [9.17, 15) is 0 Å². The van der Waals surface area contributed by atoms with Crippen molar-refractivity contribution in [2.45, 2.75) is 18.9 Å². The summed E-state index contributed by atoms with van der Waals surface area (Å²) in [5.41, 5.74) is 0. The van der Waals surface area contributed by atoms with Gasteiger partial charge in [0.2, 0.25) is 5.95 Å². The molecule has 0 aliphatic carbocycles. The first-order valence-electron chi connectivity index (χ1n) is 10.9. The second-order valence-corrected chi connectivity index (χ2v) is 8.46. The number of morpholine rings is 1. The molecule has 3 saturated heterocycles. The molecule has 0 saturated carbocycles. The van der Waals surface area contributed by atoms with E-state index < -0.39 is 0 Å². The number of ether oxygens (including phenoxy) is 1. The van der Waals surface area contributed by atoms with E-state index >= 15 is 0 Å². The van der Waals surface area contributed by atoms with E-state index in [2.05, 4.69) is 35.7 Å². The van der Waals surface area contributed by atoms with Crippen LogP contribution in [0.3, 0.4) is 0 Å². The molecule has 9 heteroatoms. The van der Waals surface area contributed by atoms with E-state index in [1.54, 1.807) is 12.4 Å². The van der Waals surface area contributed by atoms with Gasteiger partial charge in [-0.3, -0.25) is 0 Å². The number of fused-ring (bicyclic) bond motifs is 1. The highest BCUT2D eigenvalue weighted by Gasteiger charge is 2.40. The average molecular weight is 411 g/mol. The van der Waals surface area contributed by atoms with Crippen molar-refractivity contribution in [3.63, 3.8) is 0 Å². The lowest BCUT2D eigenvalue weighted by atomic mass is 9.92. The maximum Gasteiger partial charge on any atom is 0.227 e. The maximum atomic E-state index is 5.47. The third kappa shape index (κ3) is 3.62. The van der Waals surface area contributed by atoms with Gasteiger partial charge in [-0.05, 0) is 24.8 Å². The molecule has 3 aliphatic rings. The fraction of sp³-hybridized carbons (Fsp3) is 0.619. The number of hydrogen-bond acceptors (Lipinski definition) is 9. The normalized spacial score (nSPS) is 24.1. The summed E-state index contributed by atoms with van der Waals surface area (Å²) in [5, 5.41) is 0. The molecule has 160 valence electrons. The van der Waals surface area contributed by atoms with Crippen LogP contribution in [-0.4, -0.2) is 86.0 Å². The molecule has 2 unspecified atom stereocenters. The van der Waals surface area contributed by atoms with Crippen LogP contribution >= 0.6 is 0 Å². The van der Waals surface area contributed by atoms with Crippen molar-refractivity contribution in [2.75, 3.05) is 79.6 Å². The zero-order chi connectivity index (χ0) is 20.5. The van der Waals surface area contributed by atoms with Gasteiger partial charge in [-0.1, -0.05) is 0 Å². The molecule has 2 aromatic rings. The Bertz CT molecular complexity index is 872. The van der Waals surface area contributed by atoms with E-state index in [1.165, 1.54) is 12.8 Å². The Balaban J connectivity index is 1.37. The quantitative estimate of drug-likeness (QED) is 0.741. The molecule has 3 fully saturated rings. The summed E-state index contributed by atoms with van der Waals surface area (Å²) in [7, 11) is 4.05. The van der Waals surface area contributed by atoms with Crippen LogP contribution in [0.25, 0.3) is 0 Å². The third-order valence-corrected chi connectivity index (χ3v) is 6.46. The minimum absolute atomic E-state index is 0.434. The summed E-state index contributed by atoms with van der Waals surface area (Å²) < 4.78 is 5.47. The number of piperidine rings is 1. The van der Waals surface area contributed by atoms with Crippen molar-refractivity contribution in [3.05, 3.63) is 24.7 Å². The van der Waals surface area contributed by atoms with E-state index in [-0.39, 0.29) is 0 Å². The van der Waals surface area contributed by atoms with Crippen LogP contribution in [-0.2, 0) is 4.74 Å². The second-order valence-electron chi connectivity index (χ2n) is 8.46. The smallest absolute Gasteiger partial charge is 0.227 e. The first-order chi connectivity index (χ1) is 14.7. The minimum Gasteiger partial charge on any atom is -0.378 e. The van der Waals surface area contributed by atoms with Gasteiger partial charge in [0.05, 0.1) is 19.3 Å². The van der Waals surface area contributed by atoms with Crippen molar-refractivity contribution >= 4 is 23.4 Å². The van der Waals surface area contributed by atoms with Crippen LogP contribution in [0, 0.1) is 5.92 Å². The highest BCUT2D eigenvalue weighted by Crippen LogP contribution is 2.37. The van der Waals surface area contributed by atoms with E-state index in [0.29, 0.717) is 12.0 Å². The number of nitrogens with zero attached hydrogens (tertiary/aromatic N) is 8. The molecule has 2 aromatic heterocycles. The summed E-state index contributed by atoms with van der Waals surface area (Å²) in [4.78, 5) is 27.8. The van der Waals surface area contributed by atoms with Crippen LogP contribution in [0.5, 0.6) is 0 Å². The molecule has 30 heavy (non-hydrogen) atoms. The highest BCUT2D eigenvalue weighted by atomic mass is 16.5. The lowest BCUT2D eigenvalue weighted by Crippen LogP contribution is -2.49. The Hall–Kier alpha value is -2.68. The van der Waals surface area contributed by atoms with E-state index in [0.717, 1.165) is 69.3 Å². The molecule has 0 radical (unpaired) electrons. The molecule has 0 amide bonds. The topological polar surface area (TPSA) is 73.8 Å². The Morgan fingerprint density at radius 3 is 2.57 bits per heavy atom. The monoisotopic (exact) mass is 410 g/mol. The second kappa shape index (κ2) is 8.22. The van der Waals surface area contributed by atoms with Gasteiger partial charge in [-0.2, -0.15) is 4.98 Å². The van der Waals surface area contributed by atoms with Gasteiger partial charge < -0.3 is 24.3 Å². The number of hydrogen-bond donors (Lipinski definition) is 0. The van der Waals surface area contributed by atoms with Gasteiger partial charge in [-0.15, -0.1) is 0 Å². The maximum absolute atomic E-state index is 5.47. The number of aromatic nitrogens is 4. The highest BCUT2D eigenvalue weighted by molar-refractivity contribution is 5.62. The zero-order valence-corrected chi connectivity index (χ0v) is 17.8. The number of rotatable bonds is 4. The van der Waals surface area contributed by atoms with E-state index in [4.69, 9.17) is 9.72 Å². The standard InChI is InChI=1S/C21H30N8O/c1-26(2)19-20(23-8-7-22-19)28-9-4-16-5-10-29(17(16)15-28)18-3-6-24-21(25-18)27-11-13-30-14-12-27/h3,6-8,16-17H,4-5,9-15H2,1-2H3. The van der Waals surface area contributed by atoms with Crippen LogP contribution in [0.1, 0.15) is 12.8 Å². The van der Waals surface area contributed by atoms with E-state index in [1.807, 2.05) is 25.2 Å². The zero-order valence-electron chi connectivity index (χ0n) is 17.8. The first-order valence-corrected chi connectivity index (χ1v) is 10.9. The fourth-order valence-corrected chi connectivity index (χ4v) is 4.89. The fourth-order valence-electron chi connectivity index (χ4n) is 4.89. The van der Waals surface area contributed by atoms with Gasteiger partial charge in [-0.25, -0.2) is 15.0 Å². The molecule has 0 bridgehead atoms. The molecule has 5 rings (SSSR count). The van der Waals surface area contributed by atoms with Crippen molar-refractivity contribution < 1.29 is 4.74 Å². The molecule has 0 aromatic carbocycles. The Morgan fingerprint density at radius 1 is 0.933 bits per heavy atom. The molecular weight excluding hydrogens is 380 g/mol. The van der Waals surface area contributed by atoms with Gasteiger partial charge in [0.15, 0.2) is 11.6 Å². The van der Waals surface area contributed by atoms with Crippen molar-refractivity contribution in [2.24, 2.45) is 5.92 Å². The van der Waals surface area contributed by atoms with Gasteiger partial charge in [0.1, 0.15) is 5.82 Å². The summed E-state index contributed by atoms with van der Waals surface area (Å²) in [5.74, 6) is 4.45. The van der Waals surface area contributed by atoms with Gasteiger partial charge >= 0.3 is 0 Å². The predicted molar refractivity (Wildman–Crippen MR) is 117 cm³/mol. The molecule has 9 nitrogen and oxygen atoms in total.